The van der Waals surface area contributed by atoms with Crippen molar-refractivity contribution in [1.29, 1.82) is 5.26 Å². The van der Waals surface area contributed by atoms with Crippen LogP contribution in [-0.4, -0.2) is 36.5 Å². The van der Waals surface area contributed by atoms with Crippen LogP contribution in [-0.2, 0) is 31.1 Å². The maximum absolute atomic E-state index is 11.0. The minimum Gasteiger partial charge on any atom is -0.489 e. The largest absolute Gasteiger partial charge is 0.489 e. The van der Waals surface area contributed by atoms with Crippen molar-refractivity contribution in [2.75, 3.05) is 19.6 Å². The van der Waals surface area contributed by atoms with Crippen LogP contribution in [0.1, 0.15) is 46.2 Å². The van der Waals surface area contributed by atoms with E-state index in [1.165, 1.54) is 25.1 Å². The molecule has 2 saturated heterocycles. The van der Waals surface area contributed by atoms with Gasteiger partial charge in [0.1, 0.15) is 24.7 Å². The number of aryl methyl sites for hydroxylation is 1. The zero-order valence-corrected chi connectivity index (χ0v) is 21.8. The molecule has 2 fully saturated rings. The molecular weight excluding hydrogens is 476 g/mol. The molecular formula is C31H34N4O3. The lowest BCUT2D eigenvalue weighted by molar-refractivity contribution is -0.128. The highest BCUT2D eigenvalue weighted by molar-refractivity contribution is 5.82. The molecule has 3 aromatic carbocycles. The molecule has 0 aliphatic carbocycles. The van der Waals surface area contributed by atoms with E-state index in [1.807, 2.05) is 48.5 Å². The number of rotatable bonds is 12. The second kappa shape index (κ2) is 12.1. The van der Waals surface area contributed by atoms with E-state index in [2.05, 4.69) is 40.7 Å². The molecule has 5 rings (SSSR count). The summed E-state index contributed by atoms with van der Waals surface area (Å²) in [5.74, 6) is 1.71. The van der Waals surface area contributed by atoms with E-state index in [0.717, 1.165) is 53.4 Å². The van der Waals surface area contributed by atoms with Gasteiger partial charge in [0.15, 0.2) is 0 Å². The summed E-state index contributed by atoms with van der Waals surface area (Å²) in [6, 6.07) is 22.7. The smallest absolute Gasteiger partial charge is 0.222 e. The summed E-state index contributed by atoms with van der Waals surface area (Å²) < 4.78 is 12.1. The fourth-order valence-corrected chi connectivity index (χ4v) is 4.77. The molecule has 1 atom stereocenters. The zero-order chi connectivity index (χ0) is 26.3. The highest BCUT2D eigenvalue weighted by Gasteiger charge is 2.24. The Kier molecular flexibility index (Phi) is 8.22. The van der Waals surface area contributed by atoms with Crippen molar-refractivity contribution in [3.8, 4) is 17.6 Å². The first-order chi connectivity index (χ1) is 18.6. The van der Waals surface area contributed by atoms with Crippen LogP contribution < -0.4 is 20.1 Å². The highest BCUT2D eigenvalue weighted by atomic mass is 16.5. The lowest BCUT2D eigenvalue weighted by Crippen LogP contribution is -2.53. The molecule has 38 heavy (non-hydrogen) atoms. The Morgan fingerprint density at radius 2 is 1.74 bits per heavy atom. The molecule has 0 spiro atoms. The Bertz CT molecular complexity index is 1300. The molecule has 0 radical (unpaired) electrons. The van der Waals surface area contributed by atoms with E-state index in [1.54, 1.807) is 0 Å². The Hall–Kier alpha value is -3.86. The number of carbonyl (C=O) groups is 1. The van der Waals surface area contributed by atoms with E-state index in [0.29, 0.717) is 25.2 Å². The standard InChI is InChI=1S/C31H34N4O3/c1-22-14-24(19-35-12-3-13-35)8-11-30(22)38-21-26-5-2-4-25(29(26)16-32)20-37-28-9-6-23(7-10-28)17-33-18-27-15-31(36)34-27/h2,4-11,14,27,33H,3,12-13,15,17-21H2,1H3,(H,34,36). The van der Waals surface area contributed by atoms with Gasteiger partial charge in [-0.05, 0) is 61.3 Å². The molecule has 0 saturated carbocycles. The van der Waals surface area contributed by atoms with Gasteiger partial charge in [-0.15, -0.1) is 0 Å². The first kappa shape index (κ1) is 25.8. The summed E-state index contributed by atoms with van der Waals surface area (Å²) in [6.07, 6.45) is 1.89. The average molecular weight is 511 g/mol. The van der Waals surface area contributed by atoms with Crippen LogP contribution in [0.25, 0.3) is 0 Å². The molecule has 0 bridgehead atoms. The van der Waals surface area contributed by atoms with Crippen molar-refractivity contribution in [2.45, 2.75) is 52.1 Å². The summed E-state index contributed by atoms with van der Waals surface area (Å²) in [4.78, 5) is 13.4. The van der Waals surface area contributed by atoms with Gasteiger partial charge in [0.05, 0.1) is 17.7 Å². The Morgan fingerprint density at radius 3 is 2.37 bits per heavy atom. The second-order valence-electron chi connectivity index (χ2n) is 10.1. The minimum atomic E-state index is 0.119. The number of β-lactam (4-membered cyclic amide) rings is 1. The van der Waals surface area contributed by atoms with Gasteiger partial charge in [0.25, 0.3) is 0 Å². The van der Waals surface area contributed by atoms with Gasteiger partial charge in [-0.2, -0.15) is 5.26 Å². The van der Waals surface area contributed by atoms with Crippen LogP contribution in [0.5, 0.6) is 11.5 Å². The van der Waals surface area contributed by atoms with Crippen LogP contribution in [0.4, 0.5) is 0 Å². The Balaban J connectivity index is 1.13. The number of nitriles is 1. The lowest BCUT2D eigenvalue weighted by atomic mass is 10.0. The number of benzene rings is 3. The van der Waals surface area contributed by atoms with E-state index < -0.39 is 0 Å². The minimum absolute atomic E-state index is 0.119. The van der Waals surface area contributed by atoms with Gasteiger partial charge in [-0.1, -0.05) is 42.5 Å². The fraction of sp³-hybridized carbons (Fsp3) is 0.355. The third-order valence-corrected chi connectivity index (χ3v) is 7.16. The number of likely N-dealkylation sites (tertiary alicyclic amines) is 1. The number of amides is 1. The first-order valence-electron chi connectivity index (χ1n) is 13.2. The normalized spacial score (nSPS) is 16.6. The van der Waals surface area contributed by atoms with Crippen molar-refractivity contribution < 1.29 is 14.3 Å². The highest BCUT2D eigenvalue weighted by Crippen LogP contribution is 2.24. The number of carbonyl (C=O) groups excluding carboxylic acids is 1. The molecule has 3 aromatic rings. The molecule has 2 aliphatic rings. The van der Waals surface area contributed by atoms with Crippen LogP contribution >= 0.6 is 0 Å². The molecule has 2 N–H and O–H groups in total. The van der Waals surface area contributed by atoms with E-state index in [9.17, 15) is 10.1 Å². The maximum Gasteiger partial charge on any atom is 0.222 e. The number of ether oxygens (including phenoxy) is 2. The second-order valence-corrected chi connectivity index (χ2v) is 10.1. The summed E-state index contributed by atoms with van der Waals surface area (Å²) in [5, 5.41) is 16.1. The van der Waals surface area contributed by atoms with Crippen molar-refractivity contribution in [2.24, 2.45) is 0 Å². The van der Waals surface area contributed by atoms with E-state index >= 15 is 0 Å². The van der Waals surface area contributed by atoms with Crippen LogP contribution in [0, 0.1) is 18.3 Å². The number of nitrogens with one attached hydrogen (secondary N) is 2. The third kappa shape index (κ3) is 6.52. The molecule has 2 heterocycles. The quantitative estimate of drug-likeness (QED) is 0.355. The van der Waals surface area contributed by atoms with E-state index in [-0.39, 0.29) is 11.9 Å². The zero-order valence-electron chi connectivity index (χ0n) is 21.8. The van der Waals surface area contributed by atoms with Crippen molar-refractivity contribution >= 4 is 5.91 Å². The molecule has 0 aromatic heterocycles. The Labute approximate surface area is 224 Å². The van der Waals surface area contributed by atoms with Crippen molar-refractivity contribution in [3.63, 3.8) is 0 Å². The van der Waals surface area contributed by atoms with Gasteiger partial charge in [0, 0.05) is 37.2 Å². The monoisotopic (exact) mass is 510 g/mol. The van der Waals surface area contributed by atoms with Gasteiger partial charge in [-0.25, -0.2) is 0 Å². The molecule has 7 heteroatoms. The van der Waals surface area contributed by atoms with E-state index in [4.69, 9.17) is 9.47 Å². The lowest BCUT2D eigenvalue weighted by Gasteiger charge is -2.30. The average Bonchev–Trinajstić information content (AvgIpc) is 2.88. The number of nitrogens with zero attached hydrogens (tertiary/aromatic N) is 2. The van der Waals surface area contributed by atoms with Gasteiger partial charge < -0.3 is 20.1 Å². The topological polar surface area (TPSA) is 86.6 Å². The summed E-state index contributed by atoms with van der Waals surface area (Å²) in [6.45, 7) is 7.55. The van der Waals surface area contributed by atoms with Gasteiger partial charge in [-0.3, -0.25) is 9.69 Å². The summed E-state index contributed by atoms with van der Waals surface area (Å²) >= 11 is 0. The van der Waals surface area contributed by atoms with Gasteiger partial charge in [0.2, 0.25) is 5.91 Å². The molecule has 2 aliphatic heterocycles. The SMILES string of the molecule is Cc1cc(CN2CCC2)ccc1OCc1cccc(COc2ccc(CNCC3CC(=O)N3)cc2)c1C#N. The van der Waals surface area contributed by atoms with Crippen molar-refractivity contribution in [3.05, 3.63) is 94.0 Å². The van der Waals surface area contributed by atoms with Crippen molar-refractivity contribution in [1.82, 2.24) is 15.5 Å². The Morgan fingerprint density at radius 1 is 1.03 bits per heavy atom. The third-order valence-electron chi connectivity index (χ3n) is 7.16. The predicted molar refractivity (Wildman–Crippen MR) is 146 cm³/mol. The summed E-state index contributed by atoms with van der Waals surface area (Å²) in [5.41, 5.74) is 5.84. The summed E-state index contributed by atoms with van der Waals surface area (Å²) in [7, 11) is 0. The first-order valence-corrected chi connectivity index (χ1v) is 13.2. The maximum atomic E-state index is 11.0. The molecule has 1 unspecified atom stereocenters. The molecule has 7 nitrogen and oxygen atoms in total. The van der Waals surface area contributed by atoms with Gasteiger partial charge >= 0.3 is 0 Å². The van der Waals surface area contributed by atoms with Crippen LogP contribution in [0.15, 0.2) is 60.7 Å². The molecule has 1 amide bonds. The fourth-order valence-electron chi connectivity index (χ4n) is 4.77. The molecule has 196 valence electrons. The number of hydrogen-bond acceptors (Lipinski definition) is 6. The van der Waals surface area contributed by atoms with Crippen LogP contribution in [0.3, 0.4) is 0 Å². The predicted octanol–water partition coefficient (Wildman–Crippen LogP) is 4.21. The number of hydrogen-bond donors (Lipinski definition) is 2. The van der Waals surface area contributed by atoms with Crippen LogP contribution in [0.2, 0.25) is 0 Å².